The molecule has 1 aromatic rings. The Kier molecular flexibility index (Phi) is 3.10. The topological polar surface area (TPSA) is 0 Å². The van der Waals surface area contributed by atoms with Crippen molar-refractivity contribution in [3.8, 4) is 0 Å². The zero-order valence-corrected chi connectivity index (χ0v) is 9.27. The molecule has 0 fully saturated rings. The molecule has 64 valence electrons. The number of benzene rings is 1. The molecule has 12 heavy (non-hydrogen) atoms. The fourth-order valence-corrected chi connectivity index (χ4v) is 1.70. The van der Waals surface area contributed by atoms with Crippen LogP contribution >= 0.6 is 15.9 Å². The molecular formula is C11H13Br. The average molecular weight is 225 g/mol. The van der Waals surface area contributed by atoms with E-state index < -0.39 is 0 Å². The van der Waals surface area contributed by atoms with Crippen LogP contribution in [0.2, 0.25) is 0 Å². The molecule has 0 saturated carbocycles. The molecule has 0 nitrogen and oxygen atoms in total. The lowest BCUT2D eigenvalue weighted by atomic mass is 10.0. The molecule has 0 unspecified atom stereocenters. The summed E-state index contributed by atoms with van der Waals surface area (Å²) in [7, 11) is 0. The highest BCUT2D eigenvalue weighted by atomic mass is 79.9. The van der Waals surface area contributed by atoms with Crippen LogP contribution in [0.3, 0.4) is 0 Å². The lowest BCUT2D eigenvalue weighted by Crippen LogP contribution is -1.84. The van der Waals surface area contributed by atoms with Crippen molar-refractivity contribution in [2.45, 2.75) is 20.8 Å². The van der Waals surface area contributed by atoms with Gasteiger partial charge in [-0.2, -0.15) is 0 Å². The molecule has 0 aromatic heterocycles. The molecule has 0 spiro atoms. The average Bonchev–Trinajstić information content (AvgIpc) is 2.03. The molecule has 0 radical (unpaired) electrons. The second-order valence-electron chi connectivity index (χ2n) is 2.93. The summed E-state index contributed by atoms with van der Waals surface area (Å²) in [6.45, 7) is 6.33. The summed E-state index contributed by atoms with van der Waals surface area (Å²) in [4.78, 5) is 0. The predicted molar refractivity (Wildman–Crippen MR) is 58.2 cm³/mol. The van der Waals surface area contributed by atoms with Gasteiger partial charge in [0.1, 0.15) is 0 Å². The number of halogens is 1. The standard InChI is InChI=1S/C11H13Br/c1-4-8(2)11-6-5-10(12)7-9(11)3/h4-7H,1-3H3/b8-4+. The van der Waals surface area contributed by atoms with Crippen LogP contribution in [-0.2, 0) is 0 Å². The van der Waals surface area contributed by atoms with Crippen molar-refractivity contribution < 1.29 is 0 Å². The van der Waals surface area contributed by atoms with Crippen LogP contribution in [-0.4, -0.2) is 0 Å². The first kappa shape index (κ1) is 9.53. The van der Waals surface area contributed by atoms with Gasteiger partial charge in [0.25, 0.3) is 0 Å². The predicted octanol–water partition coefficient (Wildman–Crippen LogP) is 4.18. The third kappa shape index (κ3) is 1.98. The second-order valence-corrected chi connectivity index (χ2v) is 3.85. The van der Waals surface area contributed by atoms with E-state index in [0.29, 0.717) is 0 Å². The molecule has 1 rings (SSSR count). The summed E-state index contributed by atoms with van der Waals surface area (Å²) >= 11 is 3.45. The second kappa shape index (κ2) is 3.90. The highest BCUT2D eigenvalue weighted by Crippen LogP contribution is 2.21. The lowest BCUT2D eigenvalue weighted by Gasteiger charge is -2.05. The van der Waals surface area contributed by atoms with Crippen molar-refractivity contribution in [2.75, 3.05) is 0 Å². The van der Waals surface area contributed by atoms with Crippen molar-refractivity contribution in [1.82, 2.24) is 0 Å². The number of hydrogen-bond donors (Lipinski definition) is 0. The number of allylic oxidation sites excluding steroid dienone is 2. The Labute approximate surface area is 82.4 Å². The van der Waals surface area contributed by atoms with Crippen LogP contribution in [0.5, 0.6) is 0 Å². The first-order chi connectivity index (χ1) is 5.65. The van der Waals surface area contributed by atoms with Gasteiger partial charge in [-0.1, -0.05) is 28.1 Å². The Bertz CT molecular complexity index is 311. The van der Waals surface area contributed by atoms with Crippen LogP contribution in [0.25, 0.3) is 5.57 Å². The Morgan fingerprint density at radius 1 is 1.42 bits per heavy atom. The Morgan fingerprint density at radius 3 is 2.58 bits per heavy atom. The third-order valence-corrected chi connectivity index (χ3v) is 2.54. The zero-order valence-electron chi connectivity index (χ0n) is 7.69. The minimum absolute atomic E-state index is 1.15. The van der Waals surface area contributed by atoms with Gasteiger partial charge in [-0.05, 0) is 49.6 Å². The van der Waals surface area contributed by atoms with Crippen LogP contribution in [0.4, 0.5) is 0 Å². The molecule has 0 amide bonds. The van der Waals surface area contributed by atoms with Gasteiger partial charge >= 0.3 is 0 Å². The molecular weight excluding hydrogens is 212 g/mol. The van der Waals surface area contributed by atoms with Crippen molar-refractivity contribution in [1.29, 1.82) is 0 Å². The van der Waals surface area contributed by atoms with Gasteiger partial charge in [0, 0.05) is 4.47 Å². The SMILES string of the molecule is C/C=C(\C)c1ccc(Br)cc1C. The molecule has 0 saturated heterocycles. The molecule has 0 aliphatic heterocycles. The van der Waals surface area contributed by atoms with Crippen molar-refractivity contribution in [3.63, 3.8) is 0 Å². The Hall–Kier alpha value is -0.560. The number of aryl methyl sites for hydroxylation is 1. The van der Waals surface area contributed by atoms with E-state index in [1.165, 1.54) is 16.7 Å². The first-order valence-corrected chi connectivity index (χ1v) is 4.84. The molecule has 0 aliphatic rings. The van der Waals surface area contributed by atoms with Gasteiger partial charge in [-0.15, -0.1) is 0 Å². The summed E-state index contributed by atoms with van der Waals surface area (Å²) in [6, 6.07) is 6.37. The first-order valence-electron chi connectivity index (χ1n) is 4.04. The Balaban J connectivity index is 3.18. The molecule has 1 aromatic carbocycles. The quantitative estimate of drug-likeness (QED) is 0.672. The van der Waals surface area contributed by atoms with Gasteiger partial charge in [0.2, 0.25) is 0 Å². The molecule has 0 aliphatic carbocycles. The van der Waals surface area contributed by atoms with Gasteiger partial charge in [-0.3, -0.25) is 0 Å². The fraction of sp³-hybridized carbons (Fsp3) is 0.273. The van der Waals surface area contributed by atoms with E-state index in [-0.39, 0.29) is 0 Å². The van der Waals surface area contributed by atoms with Crippen LogP contribution in [0, 0.1) is 6.92 Å². The maximum Gasteiger partial charge on any atom is 0.0178 e. The fourth-order valence-electron chi connectivity index (χ4n) is 1.23. The molecule has 1 heteroatoms. The summed E-state index contributed by atoms with van der Waals surface area (Å²) in [6.07, 6.45) is 2.14. The van der Waals surface area contributed by atoms with E-state index in [9.17, 15) is 0 Å². The van der Waals surface area contributed by atoms with Crippen molar-refractivity contribution >= 4 is 21.5 Å². The maximum absolute atomic E-state index is 3.45. The minimum Gasteiger partial charge on any atom is -0.0841 e. The number of hydrogen-bond acceptors (Lipinski definition) is 0. The van der Waals surface area contributed by atoms with Crippen LogP contribution in [0.15, 0.2) is 28.7 Å². The van der Waals surface area contributed by atoms with Crippen LogP contribution in [0.1, 0.15) is 25.0 Å². The van der Waals surface area contributed by atoms with Crippen LogP contribution < -0.4 is 0 Å². The summed E-state index contributed by atoms with van der Waals surface area (Å²) < 4.78 is 1.15. The third-order valence-electron chi connectivity index (χ3n) is 2.05. The van der Waals surface area contributed by atoms with Crippen molar-refractivity contribution in [2.24, 2.45) is 0 Å². The Morgan fingerprint density at radius 2 is 2.08 bits per heavy atom. The molecule has 0 N–H and O–H groups in total. The van der Waals surface area contributed by atoms with E-state index in [4.69, 9.17) is 0 Å². The maximum atomic E-state index is 3.45. The van der Waals surface area contributed by atoms with E-state index in [2.05, 4.69) is 61.0 Å². The van der Waals surface area contributed by atoms with Gasteiger partial charge in [0.15, 0.2) is 0 Å². The normalized spacial score (nSPS) is 11.8. The monoisotopic (exact) mass is 224 g/mol. The molecule has 0 atom stereocenters. The van der Waals surface area contributed by atoms with Gasteiger partial charge in [-0.25, -0.2) is 0 Å². The lowest BCUT2D eigenvalue weighted by molar-refractivity contribution is 1.39. The number of rotatable bonds is 1. The van der Waals surface area contributed by atoms with Crippen molar-refractivity contribution in [3.05, 3.63) is 39.9 Å². The highest BCUT2D eigenvalue weighted by molar-refractivity contribution is 9.10. The molecule has 0 heterocycles. The summed E-state index contributed by atoms with van der Waals surface area (Å²) in [5, 5.41) is 0. The molecule has 0 bridgehead atoms. The van der Waals surface area contributed by atoms with E-state index >= 15 is 0 Å². The van der Waals surface area contributed by atoms with Gasteiger partial charge < -0.3 is 0 Å². The summed E-state index contributed by atoms with van der Waals surface area (Å²) in [5.41, 5.74) is 3.99. The summed E-state index contributed by atoms with van der Waals surface area (Å²) in [5.74, 6) is 0. The van der Waals surface area contributed by atoms with Gasteiger partial charge in [0.05, 0.1) is 0 Å². The zero-order chi connectivity index (χ0) is 9.14. The highest BCUT2D eigenvalue weighted by Gasteiger charge is 1.99. The largest absolute Gasteiger partial charge is 0.0841 e. The smallest absolute Gasteiger partial charge is 0.0178 e. The van der Waals surface area contributed by atoms with E-state index in [0.717, 1.165) is 4.47 Å². The minimum atomic E-state index is 1.15. The van der Waals surface area contributed by atoms with E-state index in [1.54, 1.807) is 0 Å². The van der Waals surface area contributed by atoms with E-state index in [1.807, 2.05) is 0 Å².